The Hall–Kier alpha value is -1.15. The van der Waals surface area contributed by atoms with Crippen LogP contribution in [0.1, 0.15) is 25.7 Å². The number of hydrogen-bond donors (Lipinski definition) is 2. The van der Waals surface area contributed by atoms with Crippen molar-refractivity contribution in [2.45, 2.75) is 37.8 Å². The van der Waals surface area contributed by atoms with Gasteiger partial charge in [0.15, 0.2) is 9.84 Å². The van der Waals surface area contributed by atoms with E-state index in [1.807, 2.05) is 0 Å². The van der Waals surface area contributed by atoms with Gasteiger partial charge in [0.25, 0.3) is 0 Å². The summed E-state index contributed by atoms with van der Waals surface area (Å²) in [6.45, 7) is -0.456. The number of amides is 1. The normalized spacial score (nSPS) is 32.1. The zero-order valence-corrected chi connectivity index (χ0v) is 12.0. The molecule has 20 heavy (non-hydrogen) atoms. The third-order valence-electron chi connectivity index (χ3n) is 4.12. The molecule has 3 N–H and O–H groups in total. The molecule has 2 fully saturated rings. The number of carbonyl (C=O) groups excluding carboxylic acids is 1. The quantitative estimate of drug-likeness (QED) is 0.703. The second-order valence-electron chi connectivity index (χ2n) is 5.62. The van der Waals surface area contributed by atoms with Crippen LogP contribution in [0.15, 0.2) is 0 Å². The first-order valence-corrected chi connectivity index (χ1v) is 8.60. The van der Waals surface area contributed by atoms with Crippen molar-refractivity contribution in [3.63, 3.8) is 0 Å². The van der Waals surface area contributed by atoms with Crippen LogP contribution in [-0.2, 0) is 19.4 Å². The van der Waals surface area contributed by atoms with Gasteiger partial charge in [0, 0.05) is 12.1 Å². The third-order valence-corrected chi connectivity index (χ3v) is 5.87. The number of nitrogens with two attached hydrogens (primary N) is 1. The van der Waals surface area contributed by atoms with Crippen LogP contribution < -0.4 is 5.73 Å². The Morgan fingerprint density at radius 1 is 1.25 bits per heavy atom. The Balaban J connectivity index is 2.15. The van der Waals surface area contributed by atoms with Gasteiger partial charge < -0.3 is 15.7 Å². The summed E-state index contributed by atoms with van der Waals surface area (Å²) >= 11 is 0. The smallest absolute Gasteiger partial charge is 0.323 e. The minimum Gasteiger partial charge on any atom is -0.480 e. The van der Waals surface area contributed by atoms with E-state index < -0.39 is 28.4 Å². The van der Waals surface area contributed by atoms with E-state index >= 15 is 0 Å². The number of nitrogens with zero attached hydrogens (tertiary/aromatic N) is 1. The van der Waals surface area contributed by atoms with Gasteiger partial charge in [-0.2, -0.15) is 0 Å². The van der Waals surface area contributed by atoms with E-state index in [0.29, 0.717) is 12.8 Å². The van der Waals surface area contributed by atoms with Gasteiger partial charge in [-0.3, -0.25) is 9.59 Å². The molecule has 0 spiro atoms. The van der Waals surface area contributed by atoms with E-state index in [2.05, 4.69) is 0 Å². The predicted octanol–water partition coefficient (Wildman–Crippen LogP) is -0.786. The molecule has 0 bridgehead atoms. The van der Waals surface area contributed by atoms with Gasteiger partial charge in [0.05, 0.1) is 17.4 Å². The topological polar surface area (TPSA) is 118 Å². The molecule has 1 heterocycles. The van der Waals surface area contributed by atoms with Crippen molar-refractivity contribution in [3.05, 3.63) is 0 Å². The molecule has 3 unspecified atom stereocenters. The van der Waals surface area contributed by atoms with Gasteiger partial charge in [-0.05, 0) is 19.3 Å². The fraction of sp³-hybridized carbons (Fsp3) is 0.833. The minimum absolute atomic E-state index is 0.0117. The Morgan fingerprint density at radius 3 is 2.40 bits per heavy atom. The number of carboxylic acid groups (broad SMARTS) is 1. The van der Waals surface area contributed by atoms with Crippen molar-refractivity contribution in [1.29, 1.82) is 0 Å². The summed E-state index contributed by atoms with van der Waals surface area (Å²) in [7, 11) is -3.16. The SMILES string of the molecule is NC1CCCC1C(=O)N(CC(=O)O)C1CCS(=O)(=O)C1. The maximum Gasteiger partial charge on any atom is 0.323 e. The lowest BCUT2D eigenvalue weighted by Gasteiger charge is -2.30. The molecule has 0 radical (unpaired) electrons. The molecule has 2 aliphatic rings. The van der Waals surface area contributed by atoms with Crippen molar-refractivity contribution in [1.82, 2.24) is 4.90 Å². The Bertz CT molecular complexity index is 504. The molecule has 7 nitrogen and oxygen atoms in total. The molecule has 114 valence electrons. The molecular formula is C12H20N2O5S. The van der Waals surface area contributed by atoms with E-state index in [1.165, 1.54) is 4.90 Å². The second-order valence-corrected chi connectivity index (χ2v) is 7.85. The van der Waals surface area contributed by atoms with Gasteiger partial charge in [0.2, 0.25) is 5.91 Å². The van der Waals surface area contributed by atoms with Crippen LogP contribution in [0.5, 0.6) is 0 Å². The molecule has 0 aromatic heterocycles. The Morgan fingerprint density at radius 2 is 1.95 bits per heavy atom. The summed E-state index contributed by atoms with van der Waals surface area (Å²) in [6, 6.07) is -0.784. The Kier molecular flexibility index (Phi) is 4.33. The molecule has 1 aliphatic carbocycles. The van der Waals surface area contributed by atoms with Crippen molar-refractivity contribution in [2.24, 2.45) is 11.7 Å². The first-order valence-electron chi connectivity index (χ1n) is 6.78. The Labute approximate surface area is 118 Å². The first-order chi connectivity index (χ1) is 9.30. The highest BCUT2D eigenvalue weighted by Crippen LogP contribution is 2.28. The number of hydrogen-bond acceptors (Lipinski definition) is 5. The molecule has 1 saturated heterocycles. The monoisotopic (exact) mass is 304 g/mol. The average Bonchev–Trinajstić information content (AvgIpc) is 2.91. The summed E-state index contributed by atoms with van der Waals surface area (Å²) in [5.41, 5.74) is 5.89. The van der Waals surface area contributed by atoms with E-state index in [9.17, 15) is 18.0 Å². The summed E-state index contributed by atoms with van der Waals surface area (Å²) in [4.78, 5) is 24.6. The highest BCUT2D eigenvalue weighted by molar-refractivity contribution is 7.91. The standard InChI is InChI=1S/C12H20N2O5S/c13-10-3-1-2-9(10)12(17)14(6-11(15)16)8-4-5-20(18,19)7-8/h8-10H,1-7,13H2,(H,15,16). The molecule has 1 amide bonds. The number of sulfone groups is 1. The second kappa shape index (κ2) is 5.69. The maximum atomic E-state index is 12.5. The van der Waals surface area contributed by atoms with Crippen molar-refractivity contribution in [2.75, 3.05) is 18.1 Å². The molecular weight excluding hydrogens is 284 g/mol. The highest BCUT2D eigenvalue weighted by atomic mass is 32.2. The zero-order chi connectivity index (χ0) is 14.9. The molecule has 0 aromatic rings. The largest absolute Gasteiger partial charge is 0.480 e. The number of aliphatic carboxylic acids is 1. The van der Waals surface area contributed by atoms with E-state index in [1.54, 1.807) is 0 Å². The van der Waals surface area contributed by atoms with Gasteiger partial charge in [-0.25, -0.2) is 8.42 Å². The van der Waals surface area contributed by atoms with Crippen LogP contribution in [0.4, 0.5) is 0 Å². The van der Waals surface area contributed by atoms with Crippen LogP contribution >= 0.6 is 0 Å². The predicted molar refractivity (Wildman–Crippen MR) is 71.7 cm³/mol. The van der Waals surface area contributed by atoms with Gasteiger partial charge in [-0.1, -0.05) is 6.42 Å². The van der Waals surface area contributed by atoms with Crippen LogP contribution in [0, 0.1) is 5.92 Å². The fourth-order valence-electron chi connectivity index (χ4n) is 3.06. The van der Waals surface area contributed by atoms with Gasteiger partial charge in [0.1, 0.15) is 6.54 Å². The maximum absolute atomic E-state index is 12.5. The van der Waals surface area contributed by atoms with Gasteiger partial charge >= 0.3 is 5.97 Å². The first kappa shape index (κ1) is 15.2. The fourth-order valence-corrected chi connectivity index (χ4v) is 4.79. The number of carbonyl (C=O) groups is 2. The van der Waals surface area contributed by atoms with E-state index in [-0.39, 0.29) is 29.4 Å². The van der Waals surface area contributed by atoms with Crippen LogP contribution in [-0.4, -0.2) is 60.4 Å². The summed E-state index contributed by atoms with van der Waals surface area (Å²) in [5.74, 6) is -1.95. The lowest BCUT2D eigenvalue weighted by molar-refractivity contribution is -0.148. The van der Waals surface area contributed by atoms with Gasteiger partial charge in [-0.15, -0.1) is 0 Å². The number of rotatable bonds is 4. The molecule has 8 heteroatoms. The van der Waals surface area contributed by atoms with Crippen molar-refractivity contribution in [3.8, 4) is 0 Å². The summed E-state index contributed by atoms with van der Waals surface area (Å²) in [5, 5.41) is 8.96. The molecule has 0 aromatic carbocycles. The van der Waals surface area contributed by atoms with Crippen LogP contribution in [0.25, 0.3) is 0 Å². The van der Waals surface area contributed by atoms with Crippen molar-refractivity contribution < 1.29 is 23.1 Å². The summed E-state index contributed by atoms with van der Waals surface area (Å²) < 4.78 is 23.1. The summed E-state index contributed by atoms with van der Waals surface area (Å²) in [6.07, 6.45) is 2.56. The third kappa shape index (κ3) is 3.29. The lowest BCUT2D eigenvalue weighted by Crippen LogP contribution is -2.49. The van der Waals surface area contributed by atoms with Crippen LogP contribution in [0.3, 0.4) is 0 Å². The molecule has 1 aliphatic heterocycles. The average molecular weight is 304 g/mol. The lowest BCUT2D eigenvalue weighted by atomic mass is 10.0. The van der Waals surface area contributed by atoms with E-state index in [4.69, 9.17) is 10.8 Å². The molecule has 3 atom stereocenters. The van der Waals surface area contributed by atoms with Crippen molar-refractivity contribution >= 4 is 21.7 Å². The zero-order valence-electron chi connectivity index (χ0n) is 11.2. The molecule has 2 rings (SSSR count). The minimum atomic E-state index is -3.16. The molecule has 1 saturated carbocycles. The number of carboxylic acids is 1. The van der Waals surface area contributed by atoms with E-state index in [0.717, 1.165) is 12.8 Å². The highest BCUT2D eigenvalue weighted by Gasteiger charge is 2.40. The van der Waals surface area contributed by atoms with Crippen LogP contribution in [0.2, 0.25) is 0 Å².